The summed E-state index contributed by atoms with van der Waals surface area (Å²) in [4.78, 5) is 10.7. The third kappa shape index (κ3) is 3.19. The van der Waals surface area contributed by atoms with Crippen LogP contribution in [0.15, 0.2) is 12.2 Å². The predicted molar refractivity (Wildman–Crippen MR) is 49.2 cm³/mol. The lowest BCUT2D eigenvalue weighted by Gasteiger charge is -2.15. The van der Waals surface area contributed by atoms with Crippen LogP contribution in [0.2, 0.25) is 0 Å². The fourth-order valence-corrected chi connectivity index (χ4v) is 1.36. The van der Waals surface area contributed by atoms with E-state index in [0.717, 1.165) is 19.3 Å². The molecule has 1 N–H and O–H groups in total. The molecule has 0 amide bonds. The highest BCUT2D eigenvalue weighted by Crippen LogP contribution is 2.14. The summed E-state index contributed by atoms with van der Waals surface area (Å²) >= 11 is 0. The molecular weight excluding hydrogens is 168 g/mol. The summed E-state index contributed by atoms with van der Waals surface area (Å²) in [6.07, 6.45) is 5.98. The molecule has 0 spiro atoms. The van der Waals surface area contributed by atoms with Crippen molar-refractivity contribution in [3.8, 4) is 0 Å². The van der Waals surface area contributed by atoms with Gasteiger partial charge >= 0.3 is 5.97 Å². The third-order valence-corrected chi connectivity index (χ3v) is 2.16. The smallest absolute Gasteiger partial charge is 0.331 e. The van der Waals surface area contributed by atoms with Crippen molar-refractivity contribution in [2.75, 3.05) is 0 Å². The van der Waals surface area contributed by atoms with Gasteiger partial charge in [-0.05, 0) is 12.5 Å². The lowest BCUT2D eigenvalue weighted by atomic mass is 10.1. The second-order valence-corrected chi connectivity index (χ2v) is 3.32. The van der Waals surface area contributed by atoms with E-state index in [1.165, 1.54) is 6.08 Å². The Morgan fingerprint density at radius 3 is 2.92 bits per heavy atom. The van der Waals surface area contributed by atoms with Gasteiger partial charge in [-0.2, -0.15) is 0 Å². The molecule has 0 fully saturated rings. The first kappa shape index (κ1) is 10.3. The molecule has 0 bridgehead atoms. The van der Waals surface area contributed by atoms with E-state index < -0.39 is 12.2 Å². The Labute approximate surface area is 78.4 Å². The van der Waals surface area contributed by atoms with Crippen molar-refractivity contribution in [3.63, 3.8) is 0 Å². The van der Waals surface area contributed by atoms with E-state index in [1.807, 2.05) is 0 Å². The molecule has 0 unspecified atom stereocenters. The highest BCUT2D eigenvalue weighted by atomic mass is 16.6. The standard InChI is InChI=1S/C10H16O3/c1-2-3-4-5-8(11)9-6-7-10(12)13-9/h6-9,11H,2-5H2,1H3/t8-,9+/m1/s1. The maximum Gasteiger partial charge on any atom is 0.331 e. The van der Waals surface area contributed by atoms with Crippen molar-refractivity contribution in [1.29, 1.82) is 0 Å². The SMILES string of the molecule is CCCCC[C@@H](O)[C@@H]1C=CC(=O)O1. The van der Waals surface area contributed by atoms with Crippen molar-refractivity contribution in [1.82, 2.24) is 0 Å². The van der Waals surface area contributed by atoms with E-state index in [-0.39, 0.29) is 5.97 Å². The van der Waals surface area contributed by atoms with Crippen LogP contribution in [-0.4, -0.2) is 23.3 Å². The van der Waals surface area contributed by atoms with Crippen LogP contribution in [-0.2, 0) is 9.53 Å². The van der Waals surface area contributed by atoms with Crippen molar-refractivity contribution in [2.24, 2.45) is 0 Å². The van der Waals surface area contributed by atoms with Crippen LogP contribution in [0.4, 0.5) is 0 Å². The molecule has 0 aliphatic carbocycles. The Kier molecular flexibility index (Phi) is 3.96. The number of rotatable bonds is 5. The minimum Gasteiger partial charge on any atom is -0.452 e. The number of aliphatic hydroxyl groups excluding tert-OH is 1. The number of unbranched alkanes of at least 4 members (excludes halogenated alkanes) is 2. The molecule has 0 aromatic heterocycles. The fourth-order valence-electron chi connectivity index (χ4n) is 1.36. The van der Waals surface area contributed by atoms with Gasteiger partial charge in [-0.1, -0.05) is 26.2 Å². The van der Waals surface area contributed by atoms with Gasteiger partial charge in [0.2, 0.25) is 0 Å². The maximum atomic E-state index is 10.7. The van der Waals surface area contributed by atoms with Gasteiger partial charge in [0.25, 0.3) is 0 Å². The van der Waals surface area contributed by atoms with Gasteiger partial charge < -0.3 is 9.84 Å². The van der Waals surface area contributed by atoms with Crippen LogP contribution >= 0.6 is 0 Å². The van der Waals surface area contributed by atoms with E-state index in [4.69, 9.17) is 4.74 Å². The number of carbonyl (C=O) groups excluding carboxylic acids is 1. The van der Waals surface area contributed by atoms with Gasteiger partial charge in [0.15, 0.2) is 0 Å². The predicted octanol–water partition coefficient (Wildman–Crippen LogP) is 1.41. The third-order valence-electron chi connectivity index (χ3n) is 2.16. The number of esters is 1. The van der Waals surface area contributed by atoms with Crippen LogP contribution in [0.5, 0.6) is 0 Å². The molecule has 1 rings (SSSR count). The Morgan fingerprint density at radius 1 is 1.62 bits per heavy atom. The number of aliphatic hydroxyl groups is 1. The van der Waals surface area contributed by atoms with Crippen LogP contribution in [0.1, 0.15) is 32.6 Å². The lowest BCUT2D eigenvalue weighted by Crippen LogP contribution is -2.25. The van der Waals surface area contributed by atoms with E-state index >= 15 is 0 Å². The van der Waals surface area contributed by atoms with Gasteiger partial charge in [0.1, 0.15) is 6.10 Å². The molecule has 0 aromatic rings. The fraction of sp³-hybridized carbons (Fsp3) is 0.700. The van der Waals surface area contributed by atoms with Crippen molar-refractivity contribution in [2.45, 2.75) is 44.8 Å². The highest BCUT2D eigenvalue weighted by molar-refractivity contribution is 5.84. The van der Waals surface area contributed by atoms with Crippen LogP contribution in [0, 0.1) is 0 Å². The van der Waals surface area contributed by atoms with Crippen molar-refractivity contribution >= 4 is 5.97 Å². The Hall–Kier alpha value is -0.830. The first-order valence-corrected chi connectivity index (χ1v) is 4.81. The molecule has 3 heteroatoms. The minimum absolute atomic E-state index is 0.348. The van der Waals surface area contributed by atoms with Gasteiger partial charge in [0.05, 0.1) is 6.10 Å². The summed E-state index contributed by atoms with van der Waals surface area (Å²) < 4.78 is 4.85. The molecule has 1 aliphatic rings. The van der Waals surface area contributed by atoms with Crippen LogP contribution in [0.3, 0.4) is 0 Å². The van der Waals surface area contributed by atoms with E-state index in [9.17, 15) is 9.90 Å². The second-order valence-electron chi connectivity index (χ2n) is 3.32. The Morgan fingerprint density at radius 2 is 2.38 bits per heavy atom. The first-order valence-electron chi connectivity index (χ1n) is 4.81. The average Bonchev–Trinajstić information content (AvgIpc) is 2.52. The number of hydrogen-bond acceptors (Lipinski definition) is 3. The normalized spacial score (nSPS) is 23.2. The van der Waals surface area contributed by atoms with E-state index in [2.05, 4.69) is 6.92 Å². The zero-order chi connectivity index (χ0) is 9.68. The molecule has 0 saturated carbocycles. The van der Waals surface area contributed by atoms with Crippen molar-refractivity contribution < 1.29 is 14.6 Å². The molecule has 0 aromatic carbocycles. The topological polar surface area (TPSA) is 46.5 Å². The quantitative estimate of drug-likeness (QED) is 0.519. The summed E-state index contributed by atoms with van der Waals surface area (Å²) in [7, 11) is 0. The zero-order valence-electron chi connectivity index (χ0n) is 7.90. The summed E-state index contributed by atoms with van der Waals surface area (Å²) in [5.74, 6) is -0.348. The molecule has 74 valence electrons. The van der Waals surface area contributed by atoms with Gasteiger partial charge in [0, 0.05) is 6.08 Å². The average molecular weight is 184 g/mol. The highest BCUT2D eigenvalue weighted by Gasteiger charge is 2.23. The molecule has 0 radical (unpaired) electrons. The molecule has 13 heavy (non-hydrogen) atoms. The first-order chi connectivity index (χ1) is 6.24. The summed E-state index contributed by atoms with van der Waals surface area (Å²) in [6.45, 7) is 2.11. The van der Waals surface area contributed by atoms with E-state index in [0.29, 0.717) is 6.42 Å². The number of carbonyl (C=O) groups is 1. The van der Waals surface area contributed by atoms with Crippen molar-refractivity contribution in [3.05, 3.63) is 12.2 Å². The molecule has 2 atom stereocenters. The monoisotopic (exact) mass is 184 g/mol. The summed E-state index contributed by atoms with van der Waals surface area (Å²) in [5, 5.41) is 9.56. The number of ether oxygens (including phenoxy) is 1. The van der Waals surface area contributed by atoms with Crippen LogP contribution in [0.25, 0.3) is 0 Å². The van der Waals surface area contributed by atoms with E-state index in [1.54, 1.807) is 6.08 Å². The Balaban J connectivity index is 2.20. The molecule has 0 saturated heterocycles. The maximum absolute atomic E-state index is 10.7. The molecule has 1 heterocycles. The minimum atomic E-state index is -0.533. The summed E-state index contributed by atoms with van der Waals surface area (Å²) in [5.41, 5.74) is 0. The lowest BCUT2D eigenvalue weighted by molar-refractivity contribution is -0.142. The molecular formula is C10H16O3. The molecule has 1 aliphatic heterocycles. The number of cyclic esters (lactones) is 1. The number of hydrogen-bond donors (Lipinski definition) is 1. The molecule has 3 nitrogen and oxygen atoms in total. The second kappa shape index (κ2) is 5.02. The van der Waals surface area contributed by atoms with Crippen LogP contribution < -0.4 is 0 Å². The van der Waals surface area contributed by atoms with Gasteiger partial charge in [-0.15, -0.1) is 0 Å². The summed E-state index contributed by atoms with van der Waals surface area (Å²) in [6, 6.07) is 0. The zero-order valence-corrected chi connectivity index (χ0v) is 7.90. The largest absolute Gasteiger partial charge is 0.452 e. The van der Waals surface area contributed by atoms with Gasteiger partial charge in [-0.3, -0.25) is 0 Å². The Bertz CT molecular complexity index is 198. The van der Waals surface area contributed by atoms with Gasteiger partial charge in [-0.25, -0.2) is 4.79 Å².